The lowest BCUT2D eigenvalue weighted by Gasteiger charge is -2.29. The van der Waals surface area contributed by atoms with E-state index in [1.807, 2.05) is 12.1 Å². The van der Waals surface area contributed by atoms with E-state index < -0.39 is 11.9 Å². The highest BCUT2D eigenvalue weighted by Gasteiger charge is 2.37. The molecular weight excluding hydrogens is 654 g/mol. The molecule has 0 atom stereocenters. The third kappa shape index (κ3) is 5.31. The molecule has 0 unspecified atom stereocenters. The number of nitrogens with two attached hydrogens (primary N) is 1. The van der Waals surface area contributed by atoms with Crippen LogP contribution >= 0.6 is 0 Å². The first-order chi connectivity index (χ1) is 24.7. The lowest BCUT2D eigenvalue weighted by Crippen LogP contribution is -2.20. The van der Waals surface area contributed by atoms with Crippen LogP contribution < -0.4 is 10.6 Å². The number of nitrogens with zero attached hydrogens (tertiary/aromatic N) is 2. The predicted octanol–water partition coefficient (Wildman–Crippen LogP) is 11.7. The Bertz CT molecular complexity index is 2440. The van der Waals surface area contributed by atoms with Crippen molar-refractivity contribution in [2.24, 2.45) is 5.73 Å². The summed E-state index contributed by atoms with van der Waals surface area (Å²) in [4.78, 5) is 6.46. The zero-order chi connectivity index (χ0) is 36.6. The predicted molar refractivity (Wildman–Crippen MR) is 205 cm³/mol. The summed E-state index contributed by atoms with van der Waals surface area (Å²) in [7, 11) is 0. The van der Waals surface area contributed by atoms with E-state index in [9.17, 15) is 13.2 Å². The molecule has 0 saturated carbocycles. The van der Waals surface area contributed by atoms with Crippen molar-refractivity contribution >= 4 is 28.5 Å². The maximum absolute atomic E-state index is 13.0. The largest absolute Gasteiger partial charge is 0.432 e. The molecule has 6 aromatic rings. The van der Waals surface area contributed by atoms with Gasteiger partial charge in [-0.15, -0.1) is 0 Å². The summed E-state index contributed by atoms with van der Waals surface area (Å²) >= 11 is 0. The van der Waals surface area contributed by atoms with Crippen LogP contribution in [0.1, 0.15) is 55.6 Å². The molecule has 2 aliphatic rings. The molecule has 8 rings (SSSR count). The molecule has 0 bridgehead atoms. The topological polar surface area (TPSA) is 66.0 Å². The second kappa shape index (κ2) is 11.8. The number of anilines is 3. The number of alkyl halides is 3. The highest BCUT2D eigenvalue weighted by molar-refractivity contribution is 6.02. The minimum Gasteiger partial charge on any atom is -0.397 e. The Kier molecular flexibility index (Phi) is 7.54. The summed E-state index contributed by atoms with van der Waals surface area (Å²) in [6, 6.07) is 42.3. The van der Waals surface area contributed by atoms with Crippen LogP contribution in [0.2, 0.25) is 0 Å². The van der Waals surface area contributed by atoms with Gasteiger partial charge in [0.15, 0.2) is 0 Å². The van der Waals surface area contributed by atoms with E-state index in [1.165, 1.54) is 50.7 Å². The fourth-order valence-electron chi connectivity index (χ4n) is 8.01. The van der Waals surface area contributed by atoms with E-state index in [-0.39, 0.29) is 22.2 Å². The second-order valence-electron chi connectivity index (χ2n) is 14.6. The SMILES string of the molecule is CC1(C)c2ccccc2-c2cc(N(c3ccc(-c4ccnc(/C(N)=C/C(=N)C(F)(F)F)c4)cc3)c3ccc4c(c3)C(C)(C)c3ccccc3-4)ccc21. The van der Waals surface area contributed by atoms with Crippen molar-refractivity contribution in [3.05, 3.63) is 162 Å². The smallest absolute Gasteiger partial charge is 0.397 e. The number of nitrogens with one attached hydrogen (secondary N) is 1. The molecule has 4 nitrogen and oxygen atoms in total. The van der Waals surface area contributed by atoms with Crippen molar-refractivity contribution in [1.29, 1.82) is 5.41 Å². The van der Waals surface area contributed by atoms with Gasteiger partial charge in [-0.05, 0) is 110 Å². The van der Waals surface area contributed by atoms with Crippen LogP contribution in [0.25, 0.3) is 39.1 Å². The number of halogens is 3. The van der Waals surface area contributed by atoms with Crippen LogP contribution in [-0.4, -0.2) is 16.9 Å². The normalized spacial score (nSPS) is 15.0. The fraction of sp³-hybridized carbons (Fsp3) is 0.156. The first-order valence-corrected chi connectivity index (χ1v) is 17.2. The molecule has 0 fully saturated rings. The Morgan fingerprint density at radius 3 is 1.83 bits per heavy atom. The van der Waals surface area contributed by atoms with Gasteiger partial charge in [0, 0.05) is 34.1 Å². The summed E-state index contributed by atoms with van der Waals surface area (Å²) in [5.41, 5.74) is 18.9. The molecule has 0 spiro atoms. The first-order valence-electron chi connectivity index (χ1n) is 17.2. The van der Waals surface area contributed by atoms with Gasteiger partial charge >= 0.3 is 6.18 Å². The number of pyridine rings is 1. The van der Waals surface area contributed by atoms with E-state index in [2.05, 4.69) is 135 Å². The first kappa shape index (κ1) is 33.2. The average molecular weight is 691 g/mol. The quantitative estimate of drug-likeness (QED) is 0.171. The fourth-order valence-corrected chi connectivity index (χ4v) is 8.01. The van der Waals surface area contributed by atoms with Gasteiger partial charge in [-0.2, -0.15) is 13.2 Å². The maximum atomic E-state index is 13.0. The zero-order valence-electron chi connectivity index (χ0n) is 29.3. The van der Waals surface area contributed by atoms with Crippen molar-refractivity contribution in [1.82, 2.24) is 4.98 Å². The molecule has 7 heteroatoms. The lowest BCUT2D eigenvalue weighted by molar-refractivity contribution is -0.0583. The van der Waals surface area contributed by atoms with E-state index in [0.29, 0.717) is 6.08 Å². The second-order valence-corrected chi connectivity index (χ2v) is 14.6. The number of fused-ring (bicyclic) bond motifs is 6. The Hall–Kier alpha value is -5.95. The van der Waals surface area contributed by atoms with E-state index in [0.717, 1.165) is 28.2 Å². The van der Waals surface area contributed by atoms with Gasteiger partial charge in [-0.3, -0.25) is 10.4 Å². The molecule has 3 N–H and O–H groups in total. The van der Waals surface area contributed by atoms with Gasteiger partial charge in [0.2, 0.25) is 0 Å². The van der Waals surface area contributed by atoms with Gasteiger partial charge in [-0.1, -0.05) is 100 Å². The average Bonchev–Trinajstić information content (AvgIpc) is 3.51. The molecule has 0 amide bonds. The molecule has 1 heterocycles. The lowest BCUT2D eigenvalue weighted by atomic mass is 9.82. The third-order valence-electron chi connectivity index (χ3n) is 10.8. The summed E-state index contributed by atoms with van der Waals surface area (Å²) in [6.45, 7) is 9.13. The van der Waals surface area contributed by atoms with Crippen molar-refractivity contribution in [3.63, 3.8) is 0 Å². The zero-order valence-corrected chi connectivity index (χ0v) is 29.3. The van der Waals surface area contributed by atoms with E-state index >= 15 is 0 Å². The third-order valence-corrected chi connectivity index (χ3v) is 10.8. The Morgan fingerprint density at radius 1 is 0.615 bits per heavy atom. The van der Waals surface area contributed by atoms with Crippen LogP contribution in [0.15, 0.2) is 134 Å². The number of allylic oxidation sites excluding steroid dienone is 1. The molecular formula is C45H37F3N4. The minimum atomic E-state index is -4.79. The number of hydrogen-bond donors (Lipinski definition) is 2. The monoisotopic (exact) mass is 690 g/mol. The van der Waals surface area contributed by atoms with Gasteiger partial charge in [-0.25, -0.2) is 0 Å². The maximum Gasteiger partial charge on any atom is 0.432 e. The highest BCUT2D eigenvalue weighted by Crippen LogP contribution is 2.53. The molecule has 0 radical (unpaired) electrons. The van der Waals surface area contributed by atoms with Crippen LogP contribution in [0.4, 0.5) is 30.2 Å². The summed E-state index contributed by atoms with van der Waals surface area (Å²) < 4.78 is 39.0. The molecule has 5 aromatic carbocycles. The Balaban J connectivity index is 1.23. The number of aromatic nitrogens is 1. The van der Waals surface area contributed by atoms with E-state index in [1.54, 1.807) is 12.1 Å². The molecule has 52 heavy (non-hydrogen) atoms. The van der Waals surface area contributed by atoms with Gasteiger partial charge in [0.05, 0.1) is 11.4 Å². The van der Waals surface area contributed by atoms with E-state index in [4.69, 9.17) is 11.1 Å². The van der Waals surface area contributed by atoms with Crippen LogP contribution in [-0.2, 0) is 10.8 Å². The summed E-state index contributed by atoms with van der Waals surface area (Å²) in [6.07, 6.45) is -2.68. The van der Waals surface area contributed by atoms with Crippen molar-refractivity contribution in [2.75, 3.05) is 4.90 Å². The molecule has 0 saturated heterocycles. The van der Waals surface area contributed by atoms with Crippen molar-refractivity contribution in [2.45, 2.75) is 44.7 Å². The van der Waals surface area contributed by atoms with Gasteiger partial charge in [0.25, 0.3) is 0 Å². The number of rotatable bonds is 6. The number of hydrogen-bond acceptors (Lipinski definition) is 4. The molecule has 258 valence electrons. The minimum absolute atomic E-state index is 0.116. The molecule has 1 aromatic heterocycles. The van der Waals surface area contributed by atoms with Crippen LogP contribution in [0, 0.1) is 5.41 Å². The number of benzene rings is 5. The van der Waals surface area contributed by atoms with Crippen LogP contribution in [0.5, 0.6) is 0 Å². The molecule has 2 aliphatic carbocycles. The van der Waals surface area contributed by atoms with Crippen LogP contribution in [0.3, 0.4) is 0 Å². The Labute approximate surface area is 301 Å². The van der Waals surface area contributed by atoms with Gasteiger partial charge in [0.1, 0.15) is 5.71 Å². The molecule has 0 aliphatic heterocycles. The van der Waals surface area contributed by atoms with Crippen molar-refractivity contribution in [3.8, 4) is 33.4 Å². The standard InChI is InChI=1S/C45H37F3N4/c1-43(2)37-12-8-6-10-33(37)35-24-30(18-20-38(35)43)52(31-17-19-34-32-9-5-7-11-36(32)44(3,4)39(34)25-31)29-15-13-27(14-16-29)28-21-22-51-41(23-28)40(49)26-42(50)45(46,47)48/h5-26,50H,49H2,1-4H3/b40-26-,50-42?. The highest BCUT2D eigenvalue weighted by atomic mass is 19.4. The summed E-state index contributed by atoms with van der Waals surface area (Å²) in [5.74, 6) is 0. The Morgan fingerprint density at radius 2 is 1.15 bits per heavy atom. The van der Waals surface area contributed by atoms with Gasteiger partial charge < -0.3 is 10.6 Å². The van der Waals surface area contributed by atoms with Crippen molar-refractivity contribution < 1.29 is 13.2 Å². The summed E-state index contributed by atoms with van der Waals surface area (Å²) in [5, 5.41) is 7.32.